The smallest absolute Gasteiger partial charge is 0.413 e. The van der Waals surface area contributed by atoms with Crippen molar-refractivity contribution in [1.82, 2.24) is 9.78 Å². The minimum atomic E-state index is -0.462. The quantitative estimate of drug-likeness (QED) is 0.689. The van der Waals surface area contributed by atoms with Gasteiger partial charge in [0, 0.05) is 36.3 Å². The highest BCUT2D eigenvalue weighted by Gasteiger charge is 2.10. The van der Waals surface area contributed by atoms with E-state index in [1.807, 2.05) is 36.5 Å². The molecule has 28 heavy (non-hydrogen) atoms. The molecule has 3 rings (SSSR count). The molecule has 0 unspecified atom stereocenters. The maximum absolute atomic E-state index is 12.1. The first kappa shape index (κ1) is 18.9. The summed E-state index contributed by atoms with van der Waals surface area (Å²) in [5, 5.41) is 7.06. The number of methoxy groups -OCH3 is 1. The minimum absolute atomic E-state index is 0.262. The first-order chi connectivity index (χ1) is 13.6. The summed E-state index contributed by atoms with van der Waals surface area (Å²) in [6.07, 6.45) is 6.21. The summed E-state index contributed by atoms with van der Waals surface area (Å²) in [7, 11) is 2.93. The van der Waals surface area contributed by atoms with Crippen LogP contribution in [-0.2, 0) is 9.53 Å². The number of para-hydroxylation sites is 1. The SMILES string of the molecule is COC(=O)N(C)c1ccc(NC(=O)/C=C/c2cnn(-c3ccccc3)c2)cc1. The number of rotatable bonds is 5. The van der Waals surface area contributed by atoms with Crippen LogP contribution in [0.3, 0.4) is 0 Å². The average Bonchev–Trinajstić information content (AvgIpc) is 3.21. The van der Waals surface area contributed by atoms with Crippen LogP contribution in [0.2, 0.25) is 0 Å². The van der Waals surface area contributed by atoms with Gasteiger partial charge in [0.05, 0.1) is 19.0 Å². The van der Waals surface area contributed by atoms with Crippen LogP contribution in [0.5, 0.6) is 0 Å². The fraction of sp³-hybridized carbons (Fsp3) is 0.0952. The van der Waals surface area contributed by atoms with E-state index in [4.69, 9.17) is 0 Å². The Bertz CT molecular complexity index is 978. The number of nitrogens with one attached hydrogen (secondary N) is 1. The van der Waals surface area contributed by atoms with Gasteiger partial charge in [0.15, 0.2) is 0 Å². The van der Waals surface area contributed by atoms with Gasteiger partial charge in [0.2, 0.25) is 5.91 Å². The lowest BCUT2D eigenvalue weighted by Gasteiger charge is -2.15. The van der Waals surface area contributed by atoms with Crippen molar-refractivity contribution in [2.75, 3.05) is 24.4 Å². The van der Waals surface area contributed by atoms with E-state index in [0.717, 1.165) is 11.3 Å². The molecule has 7 heteroatoms. The summed E-state index contributed by atoms with van der Waals surface area (Å²) >= 11 is 0. The van der Waals surface area contributed by atoms with Gasteiger partial charge in [0.1, 0.15) is 0 Å². The van der Waals surface area contributed by atoms with Crippen molar-refractivity contribution in [1.29, 1.82) is 0 Å². The van der Waals surface area contributed by atoms with Crippen molar-refractivity contribution >= 4 is 29.5 Å². The number of hydrogen-bond donors (Lipinski definition) is 1. The number of nitrogens with zero attached hydrogens (tertiary/aromatic N) is 3. The Balaban J connectivity index is 1.60. The van der Waals surface area contributed by atoms with E-state index in [-0.39, 0.29) is 5.91 Å². The van der Waals surface area contributed by atoms with Crippen molar-refractivity contribution < 1.29 is 14.3 Å². The maximum atomic E-state index is 12.1. The predicted octanol–water partition coefficient (Wildman–Crippen LogP) is 3.73. The van der Waals surface area contributed by atoms with Crippen LogP contribution in [0, 0.1) is 0 Å². The van der Waals surface area contributed by atoms with Gasteiger partial charge >= 0.3 is 6.09 Å². The fourth-order valence-electron chi connectivity index (χ4n) is 2.51. The normalized spacial score (nSPS) is 10.6. The van der Waals surface area contributed by atoms with Crippen LogP contribution in [0.25, 0.3) is 11.8 Å². The summed E-state index contributed by atoms with van der Waals surface area (Å²) in [5.74, 6) is -0.262. The molecule has 1 heterocycles. The number of carbonyl (C=O) groups is 2. The number of benzene rings is 2. The fourth-order valence-corrected chi connectivity index (χ4v) is 2.51. The number of carbonyl (C=O) groups excluding carboxylic acids is 2. The van der Waals surface area contributed by atoms with Gasteiger partial charge < -0.3 is 10.1 Å². The van der Waals surface area contributed by atoms with E-state index in [1.165, 1.54) is 18.1 Å². The Labute approximate surface area is 162 Å². The Kier molecular flexibility index (Phi) is 5.86. The number of ether oxygens (including phenoxy) is 1. The van der Waals surface area contributed by atoms with Gasteiger partial charge in [-0.25, -0.2) is 9.48 Å². The molecule has 142 valence electrons. The van der Waals surface area contributed by atoms with Gasteiger partial charge in [-0.15, -0.1) is 0 Å². The van der Waals surface area contributed by atoms with E-state index in [9.17, 15) is 9.59 Å². The zero-order valence-corrected chi connectivity index (χ0v) is 15.6. The molecule has 1 aromatic heterocycles. The lowest BCUT2D eigenvalue weighted by molar-refractivity contribution is -0.111. The Morgan fingerprint density at radius 1 is 1.11 bits per heavy atom. The monoisotopic (exact) mass is 376 g/mol. The molecule has 0 aliphatic carbocycles. The largest absolute Gasteiger partial charge is 0.452 e. The molecule has 0 saturated heterocycles. The third-order valence-electron chi connectivity index (χ3n) is 4.02. The van der Waals surface area contributed by atoms with Crippen molar-refractivity contribution in [3.63, 3.8) is 0 Å². The topological polar surface area (TPSA) is 76.5 Å². The Morgan fingerprint density at radius 2 is 1.82 bits per heavy atom. The van der Waals surface area contributed by atoms with Gasteiger partial charge in [0.25, 0.3) is 0 Å². The molecule has 0 spiro atoms. The molecule has 0 bridgehead atoms. The van der Waals surface area contributed by atoms with Crippen molar-refractivity contribution in [3.05, 3.63) is 78.6 Å². The zero-order chi connectivity index (χ0) is 19.9. The first-order valence-corrected chi connectivity index (χ1v) is 8.58. The summed E-state index contributed by atoms with van der Waals surface area (Å²) in [5.41, 5.74) is 3.04. The molecular formula is C21H20N4O3. The Morgan fingerprint density at radius 3 is 2.50 bits per heavy atom. The summed E-state index contributed by atoms with van der Waals surface area (Å²) in [4.78, 5) is 25.0. The van der Waals surface area contributed by atoms with Crippen LogP contribution in [0.1, 0.15) is 5.56 Å². The van der Waals surface area contributed by atoms with E-state index < -0.39 is 6.09 Å². The number of anilines is 2. The number of hydrogen-bond acceptors (Lipinski definition) is 4. The summed E-state index contributed by atoms with van der Waals surface area (Å²) in [6.45, 7) is 0. The van der Waals surface area contributed by atoms with Gasteiger partial charge in [-0.3, -0.25) is 9.69 Å². The molecule has 0 radical (unpaired) electrons. The highest BCUT2D eigenvalue weighted by molar-refractivity contribution is 6.02. The van der Waals surface area contributed by atoms with Crippen LogP contribution < -0.4 is 10.2 Å². The first-order valence-electron chi connectivity index (χ1n) is 8.58. The lowest BCUT2D eigenvalue weighted by Crippen LogP contribution is -2.25. The zero-order valence-electron chi connectivity index (χ0n) is 15.6. The van der Waals surface area contributed by atoms with Crippen LogP contribution in [-0.4, -0.2) is 35.9 Å². The van der Waals surface area contributed by atoms with E-state index >= 15 is 0 Å². The molecule has 0 aliphatic heterocycles. The molecule has 0 fully saturated rings. The van der Waals surface area contributed by atoms with Crippen molar-refractivity contribution in [2.45, 2.75) is 0 Å². The average molecular weight is 376 g/mol. The van der Waals surface area contributed by atoms with E-state index in [1.54, 1.807) is 48.3 Å². The molecule has 0 aliphatic rings. The molecule has 1 N–H and O–H groups in total. The second-order valence-corrected chi connectivity index (χ2v) is 5.95. The molecule has 2 amide bonds. The van der Waals surface area contributed by atoms with E-state index in [2.05, 4.69) is 15.2 Å². The van der Waals surface area contributed by atoms with E-state index in [0.29, 0.717) is 11.4 Å². The standard InChI is InChI=1S/C21H20N4O3/c1-24(21(27)28-2)18-11-9-17(10-12-18)23-20(26)13-8-16-14-22-25(15-16)19-6-4-3-5-7-19/h3-15H,1-2H3,(H,23,26)/b13-8+. The minimum Gasteiger partial charge on any atom is -0.452 e. The van der Waals surface area contributed by atoms with Crippen molar-refractivity contribution in [3.8, 4) is 5.69 Å². The van der Waals surface area contributed by atoms with Gasteiger partial charge in [-0.1, -0.05) is 18.2 Å². The molecule has 0 saturated carbocycles. The third-order valence-corrected chi connectivity index (χ3v) is 4.02. The maximum Gasteiger partial charge on any atom is 0.413 e. The van der Waals surface area contributed by atoms with Crippen LogP contribution >= 0.6 is 0 Å². The van der Waals surface area contributed by atoms with Crippen molar-refractivity contribution in [2.24, 2.45) is 0 Å². The van der Waals surface area contributed by atoms with Crippen LogP contribution in [0.15, 0.2) is 73.1 Å². The summed E-state index contributed by atoms with van der Waals surface area (Å²) < 4.78 is 6.41. The second-order valence-electron chi connectivity index (χ2n) is 5.95. The van der Waals surface area contributed by atoms with Crippen LogP contribution in [0.4, 0.5) is 16.2 Å². The number of aromatic nitrogens is 2. The lowest BCUT2D eigenvalue weighted by atomic mass is 10.2. The number of amides is 2. The summed E-state index contributed by atoms with van der Waals surface area (Å²) in [6, 6.07) is 16.6. The molecule has 7 nitrogen and oxygen atoms in total. The molecule has 3 aromatic rings. The molecular weight excluding hydrogens is 356 g/mol. The third kappa shape index (κ3) is 4.64. The van der Waals surface area contributed by atoms with Gasteiger partial charge in [-0.05, 0) is 42.5 Å². The molecule has 0 atom stereocenters. The predicted molar refractivity (Wildman–Crippen MR) is 108 cm³/mol. The highest BCUT2D eigenvalue weighted by Crippen LogP contribution is 2.17. The Hall–Kier alpha value is -3.87. The molecule has 2 aromatic carbocycles. The second kappa shape index (κ2) is 8.68. The van der Waals surface area contributed by atoms with Gasteiger partial charge in [-0.2, -0.15) is 5.10 Å². The highest BCUT2D eigenvalue weighted by atomic mass is 16.5.